The van der Waals surface area contributed by atoms with Gasteiger partial charge in [0.25, 0.3) is 0 Å². The molecule has 1 saturated carbocycles. The Morgan fingerprint density at radius 2 is 1.28 bits per heavy atom. The van der Waals surface area contributed by atoms with Crippen molar-refractivity contribution < 1.29 is 19.4 Å². The molecule has 2 aromatic carbocycles. The number of benzene rings is 2. The maximum Gasteiger partial charge on any atom is 0.310 e. The van der Waals surface area contributed by atoms with E-state index >= 15 is 0 Å². The third-order valence-corrected chi connectivity index (χ3v) is 4.81. The summed E-state index contributed by atoms with van der Waals surface area (Å²) >= 11 is 0. The molecule has 0 saturated heterocycles. The maximum atomic E-state index is 12.7. The number of carboxylic acids is 1. The molecule has 0 aromatic heterocycles. The van der Waals surface area contributed by atoms with E-state index in [1.165, 1.54) is 0 Å². The smallest absolute Gasteiger partial charge is 0.310 e. The molecule has 3 rings (SSSR count). The summed E-state index contributed by atoms with van der Waals surface area (Å²) in [6.07, 6.45) is -0.248. The first-order chi connectivity index (χ1) is 12.0. The Morgan fingerprint density at radius 1 is 0.840 bits per heavy atom. The number of hydrogen-bond acceptors (Lipinski definition) is 4. The molecule has 4 atom stereocenters. The SMILES string of the molecule is CC(C)OC(=O)C1[C@H](c2ccccc2)C(C(=O)[O-])[C@@H]1c1ccccc1. The highest BCUT2D eigenvalue weighted by Crippen LogP contribution is 2.57. The van der Waals surface area contributed by atoms with Crippen LogP contribution in [0.4, 0.5) is 0 Å². The second-order valence-corrected chi connectivity index (χ2v) is 6.73. The van der Waals surface area contributed by atoms with E-state index in [4.69, 9.17) is 4.74 Å². The zero-order valence-electron chi connectivity index (χ0n) is 14.3. The molecule has 4 nitrogen and oxygen atoms in total. The highest BCUT2D eigenvalue weighted by molar-refractivity contribution is 5.83. The number of ether oxygens (including phenoxy) is 1. The molecule has 0 amide bonds. The van der Waals surface area contributed by atoms with Crippen molar-refractivity contribution >= 4 is 11.9 Å². The van der Waals surface area contributed by atoms with E-state index in [1.807, 2.05) is 60.7 Å². The van der Waals surface area contributed by atoms with Gasteiger partial charge in [0.2, 0.25) is 0 Å². The minimum Gasteiger partial charge on any atom is -0.550 e. The van der Waals surface area contributed by atoms with E-state index in [0.29, 0.717) is 0 Å². The number of carbonyl (C=O) groups is 2. The monoisotopic (exact) mass is 337 g/mol. The van der Waals surface area contributed by atoms with Crippen molar-refractivity contribution in [2.24, 2.45) is 11.8 Å². The van der Waals surface area contributed by atoms with Crippen molar-refractivity contribution in [3.05, 3.63) is 71.8 Å². The summed E-state index contributed by atoms with van der Waals surface area (Å²) in [7, 11) is 0. The van der Waals surface area contributed by atoms with Crippen LogP contribution in [-0.2, 0) is 14.3 Å². The molecule has 0 bridgehead atoms. The Morgan fingerprint density at radius 3 is 1.64 bits per heavy atom. The fraction of sp³-hybridized carbons (Fsp3) is 0.333. The van der Waals surface area contributed by atoms with E-state index in [2.05, 4.69) is 0 Å². The highest BCUT2D eigenvalue weighted by atomic mass is 16.5. The number of aliphatic carboxylic acids is 1. The predicted molar refractivity (Wildman–Crippen MR) is 91.6 cm³/mol. The molecule has 4 heteroatoms. The first-order valence-corrected chi connectivity index (χ1v) is 8.52. The molecule has 1 aliphatic rings. The van der Waals surface area contributed by atoms with Crippen molar-refractivity contribution in [1.82, 2.24) is 0 Å². The lowest BCUT2D eigenvalue weighted by molar-refractivity contribution is -0.317. The average Bonchev–Trinajstić information content (AvgIpc) is 2.55. The van der Waals surface area contributed by atoms with Gasteiger partial charge in [-0.3, -0.25) is 4.79 Å². The molecule has 0 radical (unpaired) electrons. The fourth-order valence-electron chi connectivity index (χ4n) is 3.83. The molecule has 2 unspecified atom stereocenters. The van der Waals surface area contributed by atoms with Crippen LogP contribution >= 0.6 is 0 Å². The average molecular weight is 337 g/mol. The lowest BCUT2D eigenvalue weighted by Gasteiger charge is -2.51. The van der Waals surface area contributed by atoms with Crippen LogP contribution in [0.5, 0.6) is 0 Å². The molecule has 0 heterocycles. The minimum absolute atomic E-state index is 0.248. The maximum absolute atomic E-state index is 12.7. The standard InChI is InChI=1S/C21H22O4/c1-13(2)25-21(24)19-16(14-9-5-3-6-10-14)18(20(22)23)17(19)15-11-7-4-8-12-15/h3-13,16-19H,1-2H3,(H,22,23)/p-1/t16-,17+,18?,19?. The lowest BCUT2D eigenvalue weighted by atomic mass is 9.52. The Balaban J connectivity index is 2.03. The van der Waals surface area contributed by atoms with Crippen molar-refractivity contribution in [2.45, 2.75) is 31.8 Å². The highest BCUT2D eigenvalue weighted by Gasteiger charge is 2.56. The topological polar surface area (TPSA) is 66.4 Å². The normalized spacial score (nSPS) is 25.2. The molecule has 0 spiro atoms. The van der Waals surface area contributed by atoms with Crippen LogP contribution in [0.2, 0.25) is 0 Å². The Kier molecular flexibility index (Phi) is 4.88. The number of carboxylic acid groups (broad SMARTS) is 1. The quantitative estimate of drug-likeness (QED) is 0.786. The predicted octanol–water partition coefficient (Wildman–Crippen LogP) is 2.50. The summed E-state index contributed by atoms with van der Waals surface area (Å²) in [4.78, 5) is 24.6. The molecule has 2 aromatic rings. The van der Waals surface area contributed by atoms with Crippen molar-refractivity contribution in [1.29, 1.82) is 0 Å². The second-order valence-electron chi connectivity index (χ2n) is 6.73. The van der Waals surface area contributed by atoms with E-state index in [9.17, 15) is 14.7 Å². The van der Waals surface area contributed by atoms with Crippen LogP contribution in [0.25, 0.3) is 0 Å². The Bertz CT molecular complexity index is 692. The summed E-state index contributed by atoms with van der Waals surface area (Å²) in [5, 5.41) is 11.9. The molecular formula is C21H21O4-. The van der Waals surface area contributed by atoms with Gasteiger partial charge in [-0.25, -0.2) is 0 Å². The Labute approximate surface area is 147 Å². The van der Waals surface area contributed by atoms with Crippen LogP contribution in [0.1, 0.15) is 36.8 Å². The summed E-state index contributed by atoms with van der Waals surface area (Å²) < 4.78 is 5.43. The molecule has 25 heavy (non-hydrogen) atoms. The number of carbonyl (C=O) groups excluding carboxylic acids is 2. The van der Waals surface area contributed by atoms with E-state index in [-0.39, 0.29) is 12.1 Å². The van der Waals surface area contributed by atoms with Gasteiger partial charge in [-0.15, -0.1) is 0 Å². The van der Waals surface area contributed by atoms with Gasteiger partial charge in [0.1, 0.15) is 0 Å². The van der Waals surface area contributed by atoms with Gasteiger partial charge in [-0.1, -0.05) is 60.7 Å². The van der Waals surface area contributed by atoms with Gasteiger partial charge in [0.05, 0.1) is 12.0 Å². The van der Waals surface area contributed by atoms with Crippen LogP contribution in [0.15, 0.2) is 60.7 Å². The lowest BCUT2D eigenvalue weighted by Crippen LogP contribution is -2.55. The minimum atomic E-state index is -1.13. The third kappa shape index (κ3) is 3.29. The van der Waals surface area contributed by atoms with Crippen molar-refractivity contribution in [3.63, 3.8) is 0 Å². The number of esters is 1. The number of rotatable bonds is 5. The van der Waals surface area contributed by atoms with Crippen LogP contribution in [0, 0.1) is 11.8 Å². The molecule has 0 aliphatic heterocycles. The summed E-state index contributed by atoms with van der Waals surface area (Å²) in [5.74, 6) is -3.65. The summed E-state index contributed by atoms with van der Waals surface area (Å²) in [6.45, 7) is 3.59. The van der Waals surface area contributed by atoms with Gasteiger partial charge >= 0.3 is 5.97 Å². The van der Waals surface area contributed by atoms with Crippen LogP contribution < -0.4 is 5.11 Å². The fourth-order valence-corrected chi connectivity index (χ4v) is 3.83. The molecule has 1 fully saturated rings. The molecule has 130 valence electrons. The largest absolute Gasteiger partial charge is 0.550 e. The Hall–Kier alpha value is -2.62. The third-order valence-electron chi connectivity index (χ3n) is 4.81. The van der Waals surface area contributed by atoms with Gasteiger partial charge in [-0.05, 0) is 25.0 Å². The van der Waals surface area contributed by atoms with Gasteiger partial charge in [-0.2, -0.15) is 0 Å². The molecular weight excluding hydrogens is 316 g/mol. The van der Waals surface area contributed by atoms with E-state index < -0.39 is 29.6 Å². The van der Waals surface area contributed by atoms with E-state index in [0.717, 1.165) is 11.1 Å². The van der Waals surface area contributed by atoms with Crippen molar-refractivity contribution in [2.75, 3.05) is 0 Å². The summed E-state index contributed by atoms with van der Waals surface area (Å²) in [5.41, 5.74) is 1.66. The zero-order chi connectivity index (χ0) is 18.0. The van der Waals surface area contributed by atoms with Crippen LogP contribution in [-0.4, -0.2) is 18.0 Å². The van der Waals surface area contributed by atoms with Crippen molar-refractivity contribution in [3.8, 4) is 0 Å². The molecule has 0 N–H and O–H groups in total. The summed E-state index contributed by atoms with van der Waals surface area (Å²) in [6, 6.07) is 18.6. The second kappa shape index (κ2) is 7.09. The van der Waals surface area contributed by atoms with E-state index in [1.54, 1.807) is 13.8 Å². The first-order valence-electron chi connectivity index (χ1n) is 8.52. The zero-order valence-corrected chi connectivity index (χ0v) is 14.3. The molecule has 1 aliphatic carbocycles. The van der Waals surface area contributed by atoms with Gasteiger partial charge < -0.3 is 14.6 Å². The first kappa shape index (κ1) is 17.2. The van der Waals surface area contributed by atoms with Gasteiger partial charge in [0.15, 0.2) is 0 Å². The van der Waals surface area contributed by atoms with Crippen LogP contribution in [0.3, 0.4) is 0 Å². The number of hydrogen-bond donors (Lipinski definition) is 0. The van der Waals surface area contributed by atoms with Gasteiger partial charge in [0, 0.05) is 23.7 Å².